The summed E-state index contributed by atoms with van der Waals surface area (Å²) in [6.45, 7) is 7.18. The molecular weight excluding hydrogens is 699 g/mol. The summed E-state index contributed by atoms with van der Waals surface area (Å²) in [5.41, 5.74) is 2.34. The summed E-state index contributed by atoms with van der Waals surface area (Å²) in [5.74, 6) is -3.13. The molecule has 0 aromatic heterocycles. The van der Waals surface area contributed by atoms with Crippen molar-refractivity contribution >= 4 is 46.2 Å². The Balaban J connectivity index is 1.55. The van der Waals surface area contributed by atoms with Gasteiger partial charge in [-0.05, 0) is 92.9 Å². The molecular formula is C40H43N3O7S2. The zero-order valence-corrected chi connectivity index (χ0v) is 31.1. The minimum atomic E-state index is -1.23. The van der Waals surface area contributed by atoms with Gasteiger partial charge < -0.3 is 35.1 Å². The number of likely N-dealkylation sites (tertiary alicyclic amines) is 1. The molecule has 1 fully saturated rings. The average molecular weight is 742 g/mol. The molecule has 3 aromatic rings. The molecule has 3 heterocycles. The standard InChI is InChI=1S/C40H43N3O7S2/c1-4-49-27-14-9-23(10-15-27)31-35(44)33(37(46)41-39(31)51)30(25-13-18-29(48-3)26(21-25)22-43-19-7-6-8-20-43)34-36(45)32(40(52)42-38(34)47)24-11-16-28(17-12-24)50-5-2/h9-18,21,30-32,44-45H,4-8,19-20,22H2,1-3H3,(H,41,46,51)(H,42,47,52)/t31-,32-/m1/s1. The number of hydrogen-bond acceptors (Lipinski definition) is 10. The van der Waals surface area contributed by atoms with Crippen molar-refractivity contribution in [3.8, 4) is 17.2 Å². The Morgan fingerprint density at radius 3 is 1.67 bits per heavy atom. The van der Waals surface area contributed by atoms with Crippen molar-refractivity contribution in [1.82, 2.24) is 15.5 Å². The fourth-order valence-electron chi connectivity index (χ4n) is 7.26. The average Bonchev–Trinajstić information content (AvgIpc) is 3.12. The summed E-state index contributed by atoms with van der Waals surface area (Å²) in [4.78, 5) is 30.7. The van der Waals surface area contributed by atoms with Crippen LogP contribution in [0.4, 0.5) is 0 Å². The molecule has 0 spiro atoms. The van der Waals surface area contributed by atoms with Crippen molar-refractivity contribution < 1.29 is 34.0 Å². The SMILES string of the molecule is CCOc1ccc([C@H]2C(=S)NC(=O)C(C(C3=C(O)[C@@H](c4ccc(OCC)cc4)C(=S)NC3=O)c3ccc(OC)c(CN4CCCCC4)c3)=C2O)cc1. The smallest absolute Gasteiger partial charge is 0.256 e. The van der Waals surface area contributed by atoms with E-state index < -0.39 is 29.6 Å². The van der Waals surface area contributed by atoms with E-state index in [9.17, 15) is 19.8 Å². The van der Waals surface area contributed by atoms with Crippen LogP contribution in [-0.2, 0) is 16.1 Å². The molecule has 3 aromatic carbocycles. The van der Waals surface area contributed by atoms with E-state index in [4.69, 9.17) is 38.6 Å². The summed E-state index contributed by atoms with van der Waals surface area (Å²) in [5, 5.41) is 29.9. The van der Waals surface area contributed by atoms with Gasteiger partial charge in [0.15, 0.2) is 0 Å². The quantitative estimate of drug-likeness (QED) is 0.150. The number of benzene rings is 3. The van der Waals surface area contributed by atoms with E-state index in [0.717, 1.165) is 31.5 Å². The van der Waals surface area contributed by atoms with Crippen LogP contribution in [-0.4, -0.2) is 70.3 Å². The van der Waals surface area contributed by atoms with Gasteiger partial charge in [0, 0.05) is 12.1 Å². The first-order valence-electron chi connectivity index (χ1n) is 17.6. The fourth-order valence-corrected chi connectivity index (χ4v) is 7.94. The van der Waals surface area contributed by atoms with E-state index in [1.807, 2.05) is 19.9 Å². The van der Waals surface area contributed by atoms with Gasteiger partial charge in [0.05, 0.1) is 59.2 Å². The van der Waals surface area contributed by atoms with Gasteiger partial charge in [0.2, 0.25) is 0 Å². The molecule has 3 aliphatic heterocycles. The number of ether oxygens (including phenoxy) is 3. The number of carbonyl (C=O) groups excluding carboxylic acids is 2. The zero-order chi connectivity index (χ0) is 36.9. The fraction of sp³-hybridized carbons (Fsp3) is 0.350. The Hall–Kier alpha value is -4.78. The van der Waals surface area contributed by atoms with Crippen molar-refractivity contribution in [3.63, 3.8) is 0 Å². The molecule has 0 saturated carbocycles. The van der Waals surface area contributed by atoms with Crippen LogP contribution < -0.4 is 24.8 Å². The van der Waals surface area contributed by atoms with Gasteiger partial charge in [-0.15, -0.1) is 0 Å². The van der Waals surface area contributed by atoms with Gasteiger partial charge in [-0.3, -0.25) is 14.5 Å². The lowest BCUT2D eigenvalue weighted by Crippen LogP contribution is -2.46. The van der Waals surface area contributed by atoms with Crippen molar-refractivity contribution in [3.05, 3.63) is 112 Å². The number of methoxy groups -OCH3 is 1. The molecule has 0 radical (unpaired) electrons. The highest BCUT2D eigenvalue weighted by atomic mass is 32.1. The summed E-state index contributed by atoms with van der Waals surface area (Å²) < 4.78 is 17.0. The van der Waals surface area contributed by atoms with Crippen LogP contribution in [0.1, 0.15) is 73.1 Å². The molecule has 2 amide bonds. The Morgan fingerprint density at radius 2 is 1.23 bits per heavy atom. The Labute approximate surface area is 314 Å². The molecule has 0 unspecified atom stereocenters. The maximum absolute atomic E-state index is 14.1. The minimum Gasteiger partial charge on any atom is -0.511 e. The van der Waals surface area contributed by atoms with E-state index in [0.29, 0.717) is 53.7 Å². The van der Waals surface area contributed by atoms with Crippen LogP contribution in [0.25, 0.3) is 0 Å². The number of thiocarbonyl (C=S) groups is 2. The van der Waals surface area contributed by atoms with Crippen LogP contribution in [0.2, 0.25) is 0 Å². The molecule has 272 valence electrons. The van der Waals surface area contributed by atoms with E-state index in [1.54, 1.807) is 67.8 Å². The Kier molecular flexibility index (Phi) is 11.6. The van der Waals surface area contributed by atoms with Crippen molar-refractivity contribution in [1.29, 1.82) is 0 Å². The number of piperidine rings is 1. The van der Waals surface area contributed by atoms with E-state index in [2.05, 4.69) is 15.5 Å². The predicted octanol–water partition coefficient (Wildman–Crippen LogP) is 6.67. The highest BCUT2D eigenvalue weighted by molar-refractivity contribution is 7.80. The number of aliphatic hydroxyl groups excluding tert-OH is 2. The van der Waals surface area contributed by atoms with Gasteiger partial charge in [0.25, 0.3) is 11.8 Å². The van der Waals surface area contributed by atoms with Gasteiger partial charge in [-0.1, -0.05) is 61.2 Å². The van der Waals surface area contributed by atoms with Crippen LogP contribution in [0.15, 0.2) is 89.4 Å². The molecule has 6 rings (SSSR count). The lowest BCUT2D eigenvalue weighted by Gasteiger charge is -2.35. The monoisotopic (exact) mass is 741 g/mol. The second-order valence-corrected chi connectivity index (χ2v) is 13.8. The third-order valence-corrected chi connectivity index (χ3v) is 10.4. The highest BCUT2D eigenvalue weighted by Gasteiger charge is 2.45. The van der Waals surface area contributed by atoms with Crippen molar-refractivity contribution in [2.75, 3.05) is 33.4 Å². The summed E-state index contributed by atoms with van der Waals surface area (Å²) in [7, 11) is 1.60. The number of carbonyl (C=O) groups is 2. The Bertz CT molecular complexity index is 1810. The molecule has 4 N–H and O–H groups in total. The van der Waals surface area contributed by atoms with Crippen molar-refractivity contribution in [2.45, 2.75) is 57.4 Å². The van der Waals surface area contributed by atoms with Crippen molar-refractivity contribution in [2.24, 2.45) is 0 Å². The number of amides is 2. The molecule has 0 aliphatic carbocycles. The molecule has 10 nitrogen and oxygen atoms in total. The number of hydrogen-bond donors (Lipinski definition) is 4. The number of nitrogens with zero attached hydrogens (tertiary/aromatic N) is 1. The molecule has 12 heteroatoms. The maximum Gasteiger partial charge on any atom is 0.256 e. The lowest BCUT2D eigenvalue weighted by atomic mass is 9.75. The second-order valence-electron chi connectivity index (χ2n) is 12.9. The molecule has 2 atom stereocenters. The predicted molar refractivity (Wildman–Crippen MR) is 206 cm³/mol. The van der Waals surface area contributed by atoms with E-state index >= 15 is 0 Å². The molecule has 1 saturated heterocycles. The summed E-state index contributed by atoms with van der Waals surface area (Å²) in [6.07, 6.45) is 3.36. The zero-order valence-electron chi connectivity index (χ0n) is 29.4. The second kappa shape index (κ2) is 16.3. The van der Waals surface area contributed by atoms with Gasteiger partial charge in [0.1, 0.15) is 28.8 Å². The summed E-state index contributed by atoms with van der Waals surface area (Å²) >= 11 is 11.3. The van der Waals surface area contributed by atoms with Crippen LogP contribution in [0.5, 0.6) is 17.2 Å². The molecule has 52 heavy (non-hydrogen) atoms. The first kappa shape index (κ1) is 37.0. The lowest BCUT2D eigenvalue weighted by molar-refractivity contribution is -0.117. The normalized spacial score (nSPS) is 19.8. The highest BCUT2D eigenvalue weighted by Crippen LogP contribution is 2.45. The largest absolute Gasteiger partial charge is 0.511 e. The Morgan fingerprint density at radius 1 is 0.750 bits per heavy atom. The number of rotatable bonds is 12. The molecule has 3 aliphatic rings. The maximum atomic E-state index is 14.1. The first-order valence-corrected chi connectivity index (χ1v) is 18.4. The van der Waals surface area contributed by atoms with Gasteiger partial charge >= 0.3 is 0 Å². The molecule has 0 bridgehead atoms. The van der Waals surface area contributed by atoms with Gasteiger partial charge in [-0.2, -0.15) is 0 Å². The van der Waals surface area contributed by atoms with E-state index in [-0.39, 0.29) is 32.6 Å². The van der Waals surface area contributed by atoms with Gasteiger partial charge in [-0.25, -0.2) is 0 Å². The van der Waals surface area contributed by atoms with Crippen LogP contribution in [0, 0.1) is 0 Å². The third-order valence-electron chi connectivity index (χ3n) is 9.69. The first-order chi connectivity index (χ1) is 25.1. The minimum absolute atomic E-state index is 0.106. The number of nitrogens with one attached hydrogen (secondary N) is 2. The van der Waals surface area contributed by atoms with Crippen LogP contribution in [0.3, 0.4) is 0 Å². The van der Waals surface area contributed by atoms with E-state index in [1.165, 1.54) is 6.42 Å². The summed E-state index contributed by atoms with van der Waals surface area (Å²) in [6, 6.07) is 19.6. The third kappa shape index (κ3) is 7.55. The topological polar surface area (TPSA) is 130 Å². The van der Waals surface area contributed by atoms with Crippen LogP contribution >= 0.6 is 24.4 Å². The number of aliphatic hydroxyl groups is 2.